The first kappa shape index (κ1) is 20.0. The fourth-order valence-corrected chi connectivity index (χ4v) is 4.79. The Kier molecular flexibility index (Phi) is 4.98. The van der Waals surface area contributed by atoms with Gasteiger partial charge in [-0.3, -0.25) is 4.98 Å². The van der Waals surface area contributed by atoms with Crippen LogP contribution < -0.4 is 0 Å². The fourth-order valence-electron chi connectivity index (χ4n) is 3.18. The second kappa shape index (κ2) is 7.48. The Morgan fingerprint density at radius 2 is 1.67 bits per heavy atom. The lowest BCUT2D eigenvalue weighted by Crippen LogP contribution is -2.06. The van der Waals surface area contributed by atoms with Gasteiger partial charge in [-0.1, -0.05) is 23.7 Å². The van der Waals surface area contributed by atoms with Crippen LogP contribution in [0.15, 0.2) is 76.7 Å². The van der Waals surface area contributed by atoms with Gasteiger partial charge < -0.3 is 0 Å². The fraction of sp³-hybridized carbons (Fsp3) is 0. The number of hydrogen-bond donors (Lipinski definition) is 0. The van der Waals surface area contributed by atoms with E-state index in [1.54, 1.807) is 30.3 Å². The summed E-state index contributed by atoms with van der Waals surface area (Å²) in [4.78, 5) is 3.53. The summed E-state index contributed by atoms with van der Waals surface area (Å²) in [5.41, 5.74) is 0.918. The first-order valence-electron chi connectivity index (χ1n) is 8.59. The highest BCUT2D eigenvalue weighted by Gasteiger charge is 2.26. The maximum Gasteiger partial charge on any atom is 0.208 e. The molecule has 0 spiro atoms. The Balaban J connectivity index is 2.07. The van der Waals surface area contributed by atoms with Crippen LogP contribution in [0.5, 0.6) is 0 Å². The van der Waals surface area contributed by atoms with Crippen LogP contribution in [0.4, 0.5) is 8.78 Å². The quantitative estimate of drug-likeness (QED) is 0.419. The number of sulfone groups is 1. The zero-order chi connectivity index (χ0) is 21.5. The molecule has 0 amide bonds. The van der Waals surface area contributed by atoms with Crippen molar-refractivity contribution in [1.82, 2.24) is 4.98 Å². The molecule has 3 aromatic carbocycles. The average Bonchev–Trinajstić information content (AvgIpc) is 2.72. The molecule has 1 heterocycles. The van der Waals surface area contributed by atoms with Gasteiger partial charge in [0.1, 0.15) is 11.6 Å². The Morgan fingerprint density at radius 3 is 2.37 bits per heavy atom. The van der Waals surface area contributed by atoms with Gasteiger partial charge in [0.05, 0.1) is 26.9 Å². The van der Waals surface area contributed by atoms with Gasteiger partial charge in [0, 0.05) is 28.2 Å². The van der Waals surface area contributed by atoms with Crippen molar-refractivity contribution in [3.63, 3.8) is 0 Å². The van der Waals surface area contributed by atoms with Crippen molar-refractivity contribution >= 4 is 32.3 Å². The number of aromatic nitrogens is 1. The minimum atomic E-state index is -4.26. The summed E-state index contributed by atoms with van der Waals surface area (Å²) >= 11 is 5.96. The normalized spacial score (nSPS) is 11.4. The van der Waals surface area contributed by atoms with Gasteiger partial charge in [-0.15, -0.1) is 0 Å². The largest absolute Gasteiger partial charge is 0.255 e. The molecule has 148 valence electrons. The van der Waals surface area contributed by atoms with Gasteiger partial charge in [0.2, 0.25) is 9.84 Å². The SMILES string of the molecule is N#Cc1cc(F)cc(S(=O)(=O)c2cnc3cc(F)ccc3c2-c2ccc(Cl)cc2)c1. The van der Waals surface area contributed by atoms with Crippen LogP contribution in [0, 0.1) is 23.0 Å². The number of pyridine rings is 1. The molecule has 0 N–H and O–H groups in total. The van der Waals surface area contributed by atoms with Gasteiger partial charge in [-0.2, -0.15) is 5.26 Å². The molecule has 0 unspecified atom stereocenters. The number of rotatable bonds is 3. The number of hydrogen-bond acceptors (Lipinski definition) is 4. The van der Waals surface area contributed by atoms with E-state index in [4.69, 9.17) is 16.9 Å². The van der Waals surface area contributed by atoms with E-state index in [2.05, 4.69) is 4.98 Å². The molecular weight excluding hydrogens is 430 g/mol. The van der Waals surface area contributed by atoms with Crippen LogP contribution in [0.25, 0.3) is 22.0 Å². The van der Waals surface area contributed by atoms with Gasteiger partial charge in [-0.05, 0) is 48.0 Å². The summed E-state index contributed by atoms with van der Waals surface area (Å²) in [5, 5.41) is 9.93. The lowest BCUT2D eigenvalue weighted by atomic mass is 10.0. The first-order chi connectivity index (χ1) is 14.3. The molecule has 0 saturated carbocycles. The average molecular weight is 441 g/mol. The van der Waals surface area contributed by atoms with Crippen molar-refractivity contribution < 1.29 is 17.2 Å². The molecule has 0 aliphatic rings. The molecule has 0 aliphatic carbocycles. The van der Waals surface area contributed by atoms with Crippen LogP contribution >= 0.6 is 11.6 Å². The summed E-state index contributed by atoms with van der Waals surface area (Å²) < 4.78 is 54.5. The predicted molar refractivity (Wildman–Crippen MR) is 109 cm³/mol. The van der Waals surface area contributed by atoms with E-state index in [9.17, 15) is 17.2 Å². The van der Waals surface area contributed by atoms with E-state index in [1.165, 1.54) is 18.2 Å². The number of fused-ring (bicyclic) bond motifs is 1. The van der Waals surface area contributed by atoms with E-state index in [0.717, 1.165) is 24.4 Å². The van der Waals surface area contributed by atoms with E-state index in [0.29, 0.717) is 16.0 Å². The van der Waals surface area contributed by atoms with Crippen molar-refractivity contribution in [1.29, 1.82) is 5.26 Å². The second-order valence-electron chi connectivity index (χ2n) is 6.46. The van der Waals surface area contributed by atoms with Crippen molar-refractivity contribution in [2.45, 2.75) is 9.79 Å². The lowest BCUT2D eigenvalue weighted by molar-refractivity contribution is 0.590. The third kappa shape index (κ3) is 3.52. The maximum atomic E-state index is 13.9. The topological polar surface area (TPSA) is 70.8 Å². The van der Waals surface area contributed by atoms with Crippen LogP contribution in [-0.2, 0) is 9.84 Å². The molecule has 4 nitrogen and oxygen atoms in total. The van der Waals surface area contributed by atoms with E-state index in [-0.39, 0.29) is 26.4 Å². The van der Waals surface area contributed by atoms with Crippen LogP contribution in [0.2, 0.25) is 5.02 Å². The lowest BCUT2D eigenvalue weighted by Gasteiger charge is -2.14. The summed E-state index contributed by atoms with van der Waals surface area (Å²) in [6, 6.07) is 14.9. The molecule has 0 radical (unpaired) electrons. The molecule has 0 atom stereocenters. The Labute approximate surface area is 175 Å². The summed E-state index contributed by atoms with van der Waals surface area (Å²) in [5.74, 6) is -1.37. The van der Waals surface area contributed by atoms with E-state index >= 15 is 0 Å². The highest BCUT2D eigenvalue weighted by atomic mass is 35.5. The van der Waals surface area contributed by atoms with Gasteiger partial charge in [0.25, 0.3) is 0 Å². The molecule has 8 heteroatoms. The smallest absolute Gasteiger partial charge is 0.208 e. The van der Waals surface area contributed by atoms with Crippen LogP contribution in [-0.4, -0.2) is 13.4 Å². The summed E-state index contributed by atoms with van der Waals surface area (Å²) in [6.45, 7) is 0. The highest BCUT2D eigenvalue weighted by molar-refractivity contribution is 7.91. The second-order valence-corrected chi connectivity index (χ2v) is 8.81. The molecule has 0 bridgehead atoms. The molecule has 0 fully saturated rings. The van der Waals surface area contributed by atoms with Crippen molar-refractivity contribution in [2.24, 2.45) is 0 Å². The molecular formula is C22H11ClF2N2O2S. The molecule has 4 aromatic rings. The van der Waals surface area contributed by atoms with Gasteiger partial charge >= 0.3 is 0 Å². The first-order valence-corrected chi connectivity index (χ1v) is 10.5. The zero-order valence-corrected chi connectivity index (χ0v) is 16.7. The third-order valence-electron chi connectivity index (χ3n) is 4.53. The standard InChI is InChI=1S/C22H11ClF2N2O2S/c23-15-3-1-14(2-4-15)22-19-6-5-16(24)10-20(19)27-12-21(22)30(28,29)18-8-13(11-26)7-17(25)9-18/h1-10,12H. The number of nitrogens with zero attached hydrogens (tertiary/aromatic N) is 2. The van der Waals surface area contributed by atoms with E-state index < -0.39 is 21.5 Å². The third-order valence-corrected chi connectivity index (χ3v) is 6.53. The molecule has 30 heavy (non-hydrogen) atoms. The van der Waals surface area contributed by atoms with Crippen molar-refractivity contribution in [2.75, 3.05) is 0 Å². The number of nitriles is 1. The summed E-state index contributed by atoms with van der Waals surface area (Å²) in [7, 11) is -4.26. The van der Waals surface area contributed by atoms with Crippen molar-refractivity contribution in [3.8, 4) is 17.2 Å². The zero-order valence-electron chi connectivity index (χ0n) is 15.1. The van der Waals surface area contributed by atoms with Crippen molar-refractivity contribution in [3.05, 3.63) is 89.1 Å². The Morgan fingerprint density at radius 1 is 0.933 bits per heavy atom. The Bertz CT molecular complexity index is 1450. The Hall–Kier alpha value is -3.34. The van der Waals surface area contributed by atoms with Crippen LogP contribution in [0.1, 0.15) is 5.56 Å². The maximum absolute atomic E-state index is 13.9. The monoisotopic (exact) mass is 440 g/mol. The summed E-state index contributed by atoms with van der Waals surface area (Å²) in [6.07, 6.45) is 1.11. The van der Waals surface area contributed by atoms with E-state index in [1.807, 2.05) is 0 Å². The molecule has 1 aromatic heterocycles. The predicted octanol–water partition coefficient (Wildman–Crippen LogP) is 5.54. The van der Waals surface area contributed by atoms with Crippen LogP contribution in [0.3, 0.4) is 0 Å². The minimum Gasteiger partial charge on any atom is -0.255 e. The molecule has 0 aliphatic heterocycles. The van der Waals surface area contributed by atoms with Gasteiger partial charge in [-0.25, -0.2) is 17.2 Å². The van der Waals surface area contributed by atoms with Gasteiger partial charge in [0.15, 0.2) is 0 Å². The number of halogens is 3. The molecule has 4 rings (SSSR count). The number of benzene rings is 3. The highest BCUT2D eigenvalue weighted by Crippen LogP contribution is 2.37. The minimum absolute atomic E-state index is 0.127. The molecule has 0 saturated heterocycles.